The number of aromatic nitrogens is 2. The highest BCUT2D eigenvalue weighted by molar-refractivity contribution is 7.25. The summed E-state index contributed by atoms with van der Waals surface area (Å²) in [5.41, 5.74) is 7.39. The van der Waals surface area contributed by atoms with Crippen molar-refractivity contribution in [1.82, 2.24) is 9.13 Å². The van der Waals surface area contributed by atoms with Gasteiger partial charge in [-0.05, 0) is 54.6 Å². The van der Waals surface area contributed by atoms with Crippen molar-refractivity contribution in [1.29, 1.82) is 5.26 Å². The molecule has 4 heteroatoms. The largest absolute Gasteiger partial charge is 0.309 e. The predicted molar refractivity (Wildman–Crippen MR) is 173 cm³/mol. The zero-order valence-corrected chi connectivity index (χ0v) is 22.7. The molecule has 0 aliphatic heterocycles. The number of para-hydroxylation sites is 4. The first-order valence-corrected chi connectivity index (χ1v) is 14.5. The molecular weight excluding hydrogens is 518 g/mol. The van der Waals surface area contributed by atoms with Gasteiger partial charge in [-0.2, -0.15) is 5.26 Å². The third-order valence-electron chi connectivity index (χ3n) is 8.35. The van der Waals surface area contributed by atoms with Crippen LogP contribution in [0.4, 0.5) is 0 Å². The summed E-state index contributed by atoms with van der Waals surface area (Å²) < 4.78 is 7.18. The molecule has 9 rings (SSSR count). The first kappa shape index (κ1) is 22.4. The first-order chi connectivity index (χ1) is 20.3. The summed E-state index contributed by atoms with van der Waals surface area (Å²) in [6.07, 6.45) is 0. The summed E-state index contributed by atoms with van der Waals surface area (Å²) in [4.78, 5) is 0. The van der Waals surface area contributed by atoms with E-state index < -0.39 is 0 Å². The topological polar surface area (TPSA) is 33.6 Å². The molecule has 6 aromatic carbocycles. The van der Waals surface area contributed by atoms with Crippen LogP contribution in [0.15, 0.2) is 127 Å². The molecule has 0 unspecified atom stereocenters. The van der Waals surface area contributed by atoms with Gasteiger partial charge in [0, 0.05) is 47.4 Å². The van der Waals surface area contributed by atoms with Crippen LogP contribution >= 0.6 is 11.3 Å². The molecule has 41 heavy (non-hydrogen) atoms. The molecule has 190 valence electrons. The second kappa shape index (κ2) is 8.32. The van der Waals surface area contributed by atoms with E-state index in [1.165, 1.54) is 47.7 Å². The molecule has 0 saturated heterocycles. The Morgan fingerprint density at radius 2 is 1.12 bits per heavy atom. The number of nitriles is 1. The lowest BCUT2D eigenvalue weighted by Gasteiger charge is -2.12. The lowest BCUT2D eigenvalue weighted by atomic mass is 10.1. The summed E-state index contributed by atoms with van der Waals surface area (Å²) in [7, 11) is 0. The summed E-state index contributed by atoms with van der Waals surface area (Å²) in [6.45, 7) is 0. The second-order valence-corrected chi connectivity index (χ2v) is 11.6. The van der Waals surface area contributed by atoms with Gasteiger partial charge in [-0.1, -0.05) is 72.8 Å². The van der Waals surface area contributed by atoms with Crippen LogP contribution in [-0.4, -0.2) is 9.13 Å². The van der Waals surface area contributed by atoms with Gasteiger partial charge in [0.25, 0.3) is 0 Å². The molecule has 0 fully saturated rings. The SMILES string of the molecule is N#Cc1cccc2c3ccccc3n(-c3ccc4sc5cccc(-n6c7ccccc7c7ccccc76)c5c4c3)c12. The molecule has 0 spiro atoms. The van der Waals surface area contributed by atoms with Gasteiger partial charge in [-0.25, -0.2) is 0 Å². The number of fused-ring (bicyclic) bond motifs is 9. The Bertz CT molecular complexity index is 2500. The molecule has 0 amide bonds. The lowest BCUT2D eigenvalue weighted by Crippen LogP contribution is -1.96. The molecule has 0 aliphatic carbocycles. The maximum Gasteiger partial charge on any atom is 0.101 e. The minimum Gasteiger partial charge on any atom is -0.309 e. The van der Waals surface area contributed by atoms with Gasteiger partial charge >= 0.3 is 0 Å². The van der Waals surface area contributed by atoms with Gasteiger partial charge in [-0.3, -0.25) is 0 Å². The Morgan fingerprint density at radius 1 is 0.512 bits per heavy atom. The van der Waals surface area contributed by atoms with E-state index >= 15 is 0 Å². The van der Waals surface area contributed by atoms with Crippen LogP contribution in [0.25, 0.3) is 75.2 Å². The average molecular weight is 540 g/mol. The highest BCUT2D eigenvalue weighted by Crippen LogP contribution is 2.42. The molecule has 0 atom stereocenters. The van der Waals surface area contributed by atoms with Crippen LogP contribution < -0.4 is 0 Å². The summed E-state index contributed by atoms with van der Waals surface area (Å²) in [6, 6.07) is 47.6. The van der Waals surface area contributed by atoms with Gasteiger partial charge in [0.2, 0.25) is 0 Å². The monoisotopic (exact) mass is 539 g/mol. The first-order valence-electron chi connectivity index (χ1n) is 13.7. The Hall–Kier alpha value is -5.37. The van der Waals surface area contributed by atoms with Crippen LogP contribution in [0.5, 0.6) is 0 Å². The second-order valence-electron chi connectivity index (χ2n) is 10.5. The smallest absolute Gasteiger partial charge is 0.101 e. The van der Waals surface area contributed by atoms with Gasteiger partial charge in [-0.15, -0.1) is 11.3 Å². The van der Waals surface area contributed by atoms with Crippen LogP contribution in [0.1, 0.15) is 5.56 Å². The molecule has 0 bridgehead atoms. The summed E-state index contributed by atoms with van der Waals surface area (Å²) >= 11 is 1.83. The molecule has 9 aromatic rings. The standard InChI is InChI=1S/C37H21N3S/c38-22-23-9-7-13-28-27-12-3-4-14-30(27)39(37(23)28)24-19-20-34-29(21-24)36-33(17-8-18-35(36)41-34)40-31-15-5-1-10-25(31)26-11-2-6-16-32(26)40/h1-21H. The van der Waals surface area contributed by atoms with Gasteiger partial charge in [0.1, 0.15) is 6.07 Å². The minimum atomic E-state index is 0.681. The Kier molecular flexibility index (Phi) is 4.55. The van der Waals surface area contributed by atoms with E-state index in [9.17, 15) is 5.26 Å². The fourth-order valence-corrected chi connectivity index (χ4v) is 7.79. The lowest BCUT2D eigenvalue weighted by molar-refractivity contribution is 1.18. The molecule has 0 saturated carbocycles. The highest BCUT2D eigenvalue weighted by atomic mass is 32.1. The van der Waals surface area contributed by atoms with E-state index in [0.29, 0.717) is 5.56 Å². The number of rotatable bonds is 2. The number of benzene rings is 6. The predicted octanol–water partition coefficient (Wildman–Crippen LogP) is 10.1. The molecule has 0 aliphatic rings. The fraction of sp³-hybridized carbons (Fsp3) is 0. The van der Waals surface area contributed by atoms with Crippen LogP contribution in [0.3, 0.4) is 0 Å². The van der Waals surface area contributed by atoms with Crippen molar-refractivity contribution in [3.05, 3.63) is 133 Å². The summed E-state index contributed by atoms with van der Waals surface area (Å²) in [5.74, 6) is 0. The average Bonchev–Trinajstić information content (AvgIpc) is 3.68. The van der Waals surface area contributed by atoms with E-state index in [-0.39, 0.29) is 0 Å². The van der Waals surface area contributed by atoms with Gasteiger partial charge in [0.05, 0.1) is 33.3 Å². The highest BCUT2D eigenvalue weighted by Gasteiger charge is 2.19. The van der Waals surface area contributed by atoms with Crippen molar-refractivity contribution < 1.29 is 0 Å². The molecular formula is C37H21N3S. The van der Waals surface area contributed by atoms with E-state index in [2.05, 4.69) is 130 Å². The Morgan fingerprint density at radius 3 is 1.83 bits per heavy atom. The van der Waals surface area contributed by atoms with Gasteiger partial charge in [0.15, 0.2) is 0 Å². The molecule has 0 N–H and O–H groups in total. The third-order valence-corrected chi connectivity index (χ3v) is 9.49. The minimum absolute atomic E-state index is 0.681. The van der Waals surface area contributed by atoms with Crippen molar-refractivity contribution in [2.75, 3.05) is 0 Å². The van der Waals surface area contributed by atoms with E-state index in [1.54, 1.807) is 0 Å². The summed E-state index contributed by atoms with van der Waals surface area (Å²) in [5, 5.41) is 17.3. The van der Waals surface area contributed by atoms with Crippen molar-refractivity contribution in [2.45, 2.75) is 0 Å². The Balaban J connectivity index is 1.41. The van der Waals surface area contributed by atoms with Crippen LogP contribution in [-0.2, 0) is 0 Å². The fourth-order valence-electron chi connectivity index (χ4n) is 6.68. The number of hydrogen-bond acceptors (Lipinski definition) is 2. The normalized spacial score (nSPS) is 11.9. The van der Waals surface area contributed by atoms with Crippen molar-refractivity contribution in [2.24, 2.45) is 0 Å². The van der Waals surface area contributed by atoms with Crippen LogP contribution in [0, 0.1) is 11.3 Å². The molecule has 3 nitrogen and oxygen atoms in total. The quantitative estimate of drug-likeness (QED) is 0.215. The third kappa shape index (κ3) is 3.01. The van der Waals surface area contributed by atoms with Crippen molar-refractivity contribution in [3.63, 3.8) is 0 Å². The zero-order valence-electron chi connectivity index (χ0n) is 21.9. The number of nitrogens with zero attached hydrogens (tertiary/aromatic N) is 3. The van der Waals surface area contributed by atoms with Crippen molar-refractivity contribution in [3.8, 4) is 17.4 Å². The maximum atomic E-state index is 10.1. The van der Waals surface area contributed by atoms with Gasteiger partial charge < -0.3 is 9.13 Å². The molecule has 3 aromatic heterocycles. The zero-order chi connectivity index (χ0) is 27.1. The van der Waals surface area contributed by atoms with Crippen molar-refractivity contribution >= 4 is 75.1 Å². The maximum absolute atomic E-state index is 10.1. The number of hydrogen-bond donors (Lipinski definition) is 0. The van der Waals surface area contributed by atoms with E-state index in [0.717, 1.165) is 27.5 Å². The number of thiophene rings is 1. The Labute approximate surface area is 239 Å². The van der Waals surface area contributed by atoms with E-state index in [1.807, 2.05) is 23.5 Å². The van der Waals surface area contributed by atoms with Crippen LogP contribution in [0.2, 0.25) is 0 Å². The molecule has 3 heterocycles. The molecule has 0 radical (unpaired) electrons. The van der Waals surface area contributed by atoms with E-state index in [4.69, 9.17) is 0 Å².